The Labute approximate surface area is 307 Å². The molecule has 5 rings (SSSR count). The predicted octanol–water partition coefficient (Wildman–Crippen LogP) is -9.71. The first-order chi connectivity index (χ1) is 25.4. The molecular weight excluding hydrogens is 738 g/mol. The number of nitrogens with one attached hydrogen (secondary N) is 1. The zero-order valence-electron chi connectivity index (χ0n) is 29.1. The molecule has 0 aromatic carbocycles. The number of hydrogen-bond donors (Lipinski definition) is 16. The summed E-state index contributed by atoms with van der Waals surface area (Å²) in [5, 5.41) is 159. The third-order valence-electron chi connectivity index (χ3n) is 10.5. The van der Waals surface area contributed by atoms with E-state index in [1.54, 1.807) is 0 Å². The van der Waals surface area contributed by atoms with Crippen LogP contribution in [0.2, 0.25) is 0 Å². The first-order valence-electron chi connectivity index (χ1n) is 17.5. The maximum atomic E-state index is 11.1. The van der Waals surface area contributed by atoms with E-state index < -0.39 is 167 Å². The second-order valence-corrected chi connectivity index (χ2v) is 14.2. The van der Waals surface area contributed by atoms with Crippen LogP contribution in [0.3, 0.4) is 0 Å². The summed E-state index contributed by atoms with van der Waals surface area (Å²) in [5.41, 5.74) is -0.00109. The maximum Gasteiger partial charge on any atom is 0.187 e. The second-order valence-electron chi connectivity index (χ2n) is 14.2. The molecule has 0 aromatic rings. The van der Waals surface area contributed by atoms with E-state index >= 15 is 0 Å². The van der Waals surface area contributed by atoms with Crippen molar-refractivity contribution in [1.29, 1.82) is 0 Å². The number of ether oxygens (including phenoxy) is 7. The molecule has 0 saturated carbocycles. The third kappa shape index (κ3) is 8.64. The summed E-state index contributed by atoms with van der Waals surface area (Å²) >= 11 is 0. The van der Waals surface area contributed by atoms with Gasteiger partial charge < -0.3 is 110 Å². The van der Waals surface area contributed by atoms with Crippen LogP contribution < -0.4 is 5.32 Å². The van der Waals surface area contributed by atoms with E-state index in [0.717, 1.165) is 0 Å². The quantitative estimate of drug-likeness (QED) is 0.0864. The molecule has 5 aliphatic rings. The molecule has 4 heterocycles. The van der Waals surface area contributed by atoms with Crippen LogP contribution in [0.15, 0.2) is 11.6 Å². The lowest BCUT2D eigenvalue weighted by Gasteiger charge is -2.48. The first-order valence-corrected chi connectivity index (χ1v) is 17.5. The summed E-state index contributed by atoms with van der Waals surface area (Å²) in [5.74, 6) is 0. The molecular formula is C31H53NO22. The van der Waals surface area contributed by atoms with E-state index in [2.05, 4.69) is 5.32 Å². The van der Waals surface area contributed by atoms with Gasteiger partial charge in [-0.1, -0.05) is 6.08 Å². The summed E-state index contributed by atoms with van der Waals surface area (Å²) in [6.07, 6.45) is -36.2. The fourth-order valence-corrected chi connectivity index (χ4v) is 7.22. The molecule has 0 radical (unpaired) electrons. The number of aliphatic hydroxyl groups excluding tert-OH is 15. The molecule has 4 aliphatic heterocycles. The second kappa shape index (κ2) is 18.2. The summed E-state index contributed by atoms with van der Waals surface area (Å²) in [6.45, 7) is 0.422. The lowest BCUT2D eigenvalue weighted by Crippen LogP contribution is -2.67. The molecule has 4 fully saturated rings. The highest BCUT2D eigenvalue weighted by Crippen LogP contribution is 2.35. The Morgan fingerprint density at radius 1 is 0.519 bits per heavy atom. The predicted molar refractivity (Wildman–Crippen MR) is 169 cm³/mol. The molecule has 1 aliphatic carbocycles. The molecule has 0 aromatic heterocycles. The van der Waals surface area contributed by atoms with Crippen LogP contribution in [-0.2, 0) is 33.2 Å². The number of aliphatic hydroxyl groups is 15. The topological polar surface area (TPSA) is 380 Å². The van der Waals surface area contributed by atoms with Gasteiger partial charge in [-0.3, -0.25) is 5.32 Å². The fraction of sp³-hybridized carbons (Fsp3) is 0.935. The van der Waals surface area contributed by atoms with Crippen LogP contribution in [0.1, 0.15) is 13.8 Å². The maximum absolute atomic E-state index is 11.1. The molecule has 54 heavy (non-hydrogen) atoms. The Hall–Kier alpha value is -1.18. The van der Waals surface area contributed by atoms with Gasteiger partial charge in [0.25, 0.3) is 0 Å². The highest BCUT2D eigenvalue weighted by Gasteiger charge is 2.54. The van der Waals surface area contributed by atoms with Gasteiger partial charge in [-0.05, 0) is 19.4 Å². The molecule has 314 valence electrons. The van der Waals surface area contributed by atoms with Crippen LogP contribution in [0.4, 0.5) is 0 Å². The normalized spacial score (nSPS) is 53.2. The van der Waals surface area contributed by atoms with E-state index in [1.165, 1.54) is 19.9 Å². The van der Waals surface area contributed by atoms with Gasteiger partial charge in [0.2, 0.25) is 0 Å². The van der Waals surface area contributed by atoms with Gasteiger partial charge in [-0.15, -0.1) is 0 Å². The Balaban J connectivity index is 1.23. The van der Waals surface area contributed by atoms with Crippen molar-refractivity contribution in [2.24, 2.45) is 0 Å². The molecule has 23 heteroatoms. The summed E-state index contributed by atoms with van der Waals surface area (Å²) in [6, 6.07) is -1.18. The van der Waals surface area contributed by atoms with E-state index in [9.17, 15) is 76.6 Å². The lowest BCUT2D eigenvalue weighted by atomic mass is 9.87. The zero-order valence-corrected chi connectivity index (χ0v) is 29.1. The molecule has 23 nitrogen and oxygen atoms in total. The standard InChI is InChI=1S/C31H53NO22/c1-7-13(36)15(38)20(43)28(48-7)32-10-3-9(4-33)25(16(39)14(10)37)52-24-8(2)49-30(22(45)18(24)41)53-27-12(6-35)51-31(23(46)19(27)42)54-26-11(5-34)50-29(47)21(44)17(26)40/h3,7-8,10-47H,4-6H2,1-2H3/t7-,8-,10+,11-,12-,13-,14+,15+,16-,17-,18-,19-,20-,21-,22-,23-,24-,25-,26-,27-,28+,29+,30-,31-/m1/s1. The van der Waals surface area contributed by atoms with Gasteiger partial charge in [0.05, 0.1) is 38.1 Å². The monoisotopic (exact) mass is 791 g/mol. The van der Waals surface area contributed by atoms with Crippen molar-refractivity contribution < 1.29 is 110 Å². The van der Waals surface area contributed by atoms with E-state index in [4.69, 9.17) is 33.2 Å². The highest BCUT2D eigenvalue weighted by molar-refractivity contribution is 5.23. The zero-order chi connectivity index (χ0) is 39.9. The SMILES string of the molecule is C[C@H]1O[C@H](N[C@H]2C=C(CO)[C@@H](O[C@H]3[C@H](O)[C@@H](O)[C@@H](O[C@H]4[C@H](O)[C@@H](O)[C@@H](O[C@H]5[C@H](O)[C@@H](O)[C@@H](O)O[C@@H]5CO)O[C@@H]4CO)O[C@@H]3C)[C@H](O)[C@H]2O)[C@H](O)[C@@H](O)[C@@H]1O. The fourth-order valence-electron chi connectivity index (χ4n) is 7.22. The van der Waals surface area contributed by atoms with E-state index in [0.29, 0.717) is 0 Å². The molecule has 0 amide bonds. The van der Waals surface area contributed by atoms with Crippen molar-refractivity contribution in [1.82, 2.24) is 5.32 Å². The Bertz CT molecular complexity index is 1230. The summed E-state index contributed by atoms with van der Waals surface area (Å²) < 4.78 is 38.9. The minimum Gasteiger partial charge on any atom is -0.394 e. The molecule has 16 N–H and O–H groups in total. The Kier molecular flexibility index (Phi) is 14.8. The minimum atomic E-state index is -1.98. The Morgan fingerprint density at radius 2 is 1.06 bits per heavy atom. The molecule has 0 unspecified atom stereocenters. The minimum absolute atomic E-state index is 0.00109. The number of rotatable bonds is 11. The van der Waals surface area contributed by atoms with Crippen LogP contribution >= 0.6 is 0 Å². The van der Waals surface area contributed by atoms with Crippen LogP contribution in [-0.4, -0.2) is 244 Å². The average molecular weight is 792 g/mol. The summed E-state index contributed by atoms with van der Waals surface area (Å²) in [7, 11) is 0. The molecule has 24 atom stereocenters. The first kappa shape index (κ1) is 43.9. The number of hydrogen-bond acceptors (Lipinski definition) is 23. The van der Waals surface area contributed by atoms with Crippen molar-refractivity contribution in [3.05, 3.63) is 11.6 Å². The van der Waals surface area contributed by atoms with Crippen molar-refractivity contribution in [2.75, 3.05) is 19.8 Å². The van der Waals surface area contributed by atoms with Crippen molar-refractivity contribution in [3.63, 3.8) is 0 Å². The average Bonchev–Trinajstić information content (AvgIpc) is 3.15. The Morgan fingerprint density at radius 3 is 1.63 bits per heavy atom. The smallest absolute Gasteiger partial charge is 0.187 e. The molecule has 4 saturated heterocycles. The molecule has 0 spiro atoms. The summed E-state index contributed by atoms with van der Waals surface area (Å²) in [4.78, 5) is 0. The van der Waals surface area contributed by atoms with Crippen molar-refractivity contribution in [3.8, 4) is 0 Å². The van der Waals surface area contributed by atoms with Gasteiger partial charge >= 0.3 is 0 Å². The van der Waals surface area contributed by atoms with E-state index in [1.807, 2.05) is 0 Å². The van der Waals surface area contributed by atoms with Gasteiger partial charge in [0.1, 0.15) is 110 Å². The van der Waals surface area contributed by atoms with E-state index in [-0.39, 0.29) is 5.57 Å². The van der Waals surface area contributed by atoms with Gasteiger partial charge in [-0.2, -0.15) is 0 Å². The van der Waals surface area contributed by atoms with Crippen molar-refractivity contribution >= 4 is 0 Å². The van der Waals surface area contributed by atoms with Gasteiger partial charge in [0, 0.05) is 0 Å². The van der Waals surface area contributed by atoms with Gasteiger partial charge in [0.15, 0.2) is 18.9 Å². The third-order valence-corrected chi connectivity index (χ3v) is 10.5. The van der Waals surface area contributed by atoms with Crippen LogP contribution in [0.5, 0.6) is 0 Å². The van der Waals surface area contributed by atoms with Crippen LogP contribution in [0, 0.1) is 0 Å². The molecule has 0 bridgehead atoms. The lowest BCUT2D eigenvalue weighted by molar-refractivity contribution is -0.378. The van der Waals surface area contributed by atoms with Gasteiger partial charge in [-0.25, -0.2) is 0 Å². The van der Waals surface area contributed by atoms with Crippen molar-refractivity contribution in [2.45, 2.75) is 161 Å². The largest absolute Gasteiger partial charge is 0.394 e. The van der Waals surface area contributed by atoms with Crippen LogP contribution in [0.25, 0.3) is 0 Å². The highest BCUT2D eigenvalue weighted by atomic mass is 16.8.